The van der Waals surface area contributed by atoms with Gasteiger partial charge in [-0.1, -0.05) is 6.07 Å². The second-order valence-corrected chi connectivity index (χ2v) is 8.90. The zero-order valence-corrected chi connectivity index (χ0v) is 19.1. The van der Waals surface area contributed by atoms with E-state index < -0.39 is 0 Å². The third-order valence-corrected chi connectivity index (χ3v) is 6.96. The van der Waals surface area contributed by atoms with Crippen LogP contribution in [0.1, 0.15) is 31.9 Å². The molecule has 1 unspecified atom stereocenters. The Labute approximate surface area is 191 Å². The van der Waals surface area contributed by atoms with E-state index in [1.165, 1.54) is 5.56 Å². The molecule has 2 N–H and O–H groups in total. The second kappa shape index (κ2) is 8.57. The van der Waals surface area contributed by atoms with E-state index >= 15 is 0 Å². The zero-order chi connectivity index (χ0) is 23.1. The quantitative estimate of drug-likeness (QED) is 0.484. The van der Waals surface area contributed by atoms with E-state index in [0.29, 0.717) is 6.42 Å². The maximum absolute atomic E-state index is 12.6. The summed E-state index contributed by atoms with van der Waals surface area (Å²) in [5, 5.41) is 17.1. The number of benzene rings is 1. The minimum Gasteiger partial charge on any atom is -0.396 e. The summed E-state index contributed by atoms with van der Waals surface area (Å²) in [4.78, 5) is 26.2. The predicted molar refractivity (Wildman–Crippen MR) is 128 cm³/mol. The number of hydrogen-bond donors (Lipinski definition) is 2. The first-order valence-corrected chi connectivity index (χ1v) is 11.3. The molecule has 1 aliphatic heterocycles. The van der Waals surface area contributed by atoms with Gasteiger partial charge in [0.05, 0.1) is 28.4 Å². The Morgan fingerprint density at radius 2 is 1.97 bits per heavy atom. The zero-order valence-electron chi connectivity index (χ0n) is 19.1. The van der Waals surface area contributed by atoms with Crippen LogP contribution in [0.3, 0.4) is 0 Å². The first-order valence-electron chi connectivity index (χ1n) is 11.3. The molecule has 1 aliphatic rings. The number of hydrogen-bond acceptors (Lipinski definition) is 7. The van der Waals surface area contributed by atoms with Crippen molar-refractivity contribution in [1.82, 2.24) is 29.6 Å². The van der Waals surface area contributed by atoms with Crippen molar-refractivity contribution in [2.24, 2.45) is 7.05 Å². The predicted octanol–water partition coefficient (Wildman–Crippen LogP) is 2.23. The van der Waals surface area contributed by atoms with E-state index in [1.807, 2.05) is 6.07 Å². The number of nitrogens with zero attached hydrogens (tertiary/aromatic N) is 6. The molecule has 1 saturated heterocycles. The third kappa shape index (κ3) is 3.77. The Balaban J connectivity index is 1.48. The number of piperazine rings is 1. The number of aromatic amines is 1. The van der Waals surface area contributed by atoms with Crippen molar-refractivity contribution in [3.8, 4) is 0 Å². The highest BCUT2D eigenvalue weighted by Gasteiger charge is 2.35. The van der Waals surface area contributed by atoms with E-state index in [2.05, 4.69) is 55.9 Å². The smallest absolute Gasteiger partial charge is 0.252 e. The van der Waals surface area contributed by atoms with E-state index in [4.69, 9.17) is 0 Å². The van der Waals surface area contributed by atoms with Crippen LogP contribution in [0.5, 0.6) is 0 Å². The fourth-order valence-electron chi connectivity index (χ4n) is 5.08. The molecule has 9 nitrogen and oxygen atoms in total. The number of aliphatic hydroxyl groups is 1. The Kier molecular flexibility index (Phi) is 5.59. The lowest BCUT2D eigenvalue weighted by atomic mass is 9.98. The van der Waals surface area contributed by atoms with Crippen LogP contribution in [0.15, 0.2) is 47.7 Å². The van der Waals surface area contributed by atoms with Crippen LogP contribution >= 0.6 is 0 Å². The van der Waals surface area contributed by atoms with Crippen LogP contribution in [0.4, 0.5) is 5.69 Å². The minimum absolute atomic E-state index is 0.0625. The number of aliphatic hydroxyl groups excluding tert-OH is 1. The van der Waals surface area contributed by atoms with Crippen molar-refractivity contribution in [1.29, 1.82) is 0 Å². The summed E-state index contributed by atoms with van der Waals surface area (Å²) in [5.74, 6) is 0. The maximum atomic E-state index is 12.6. The highest BCUT2D eigenvalue weighted by Crippen LogP contribution is 2.33. The molecule has 1 aromatic carbocycles. The van der Waals surface area contributed by atoms with E-state index in [1.54, 1.807) is 36.3 Å². The highest BCUT2D eigenvalue weighted by molar-refractivity contribution is 5.88. The number of H-pyrrole nitrogens is 1. The van der Waals surface area contributed by atoms with Gasteiger partial charge in [-0.3, -0.25) is 24.8 Å². The summed E-state index contributed by atoms with van der Waals surface area (Å²) in [6, 6.07) is 8.40. The fraction of sp³-hybridized carbons (Fsp3) is 0.417. The van der Waals surface area contributed by atoms with Crippen LogP contribution < -0.4 is 10.5 Å². The first kappa shape index (κ1) is 21.5. The Hall–Kier alpha value is -3.30. The number of pyridine rings is 1. The molecule has 0 saturated carbocycles. The molecule has 9 heteroatoms. The molecular weight excluding hydrogens is 418 g/mol. The molecule has 0 radical (unpaired) electrons. The van der Waals surface area contributed by atoms with Crippen LogP contribution in [0.2, 0.25) is 0 Å². The number of anilines is 1. The van der Waals surface area contributed by atoms with Gasteiger partial charge in [-0.05, 0) is 38.0 Å². The fourth-order valence-corrected chi connectivity index (χ4v) is 5.08. The lowest BCUT2D eigenvalue weighted by molar-refractivity contribution is 0.106. The number of fused-ring (bicyclic) bond motifs is 2. The lowest BCUT2D eigenvalue weighted by Gasteiger charge is -2.48. The summed E-state index contributed by atoms with van der Waals surface area (Å²) < 4.78 is 1.60. The van der Waals surface area contributed by atoms with Gasteiger partial charge < -0.3 is 14.6 Å². The van der Waals surface area contributed by atoms with Gasteiger partial charge in [0, 0.05) is 63.3 Å². The monoisotopic (exact) mass is 447 g/mol. The molecule has 33 heavy (non-hydrogen) atoms. The topological polar surface area (TPSA) is 103 Å². The molecule has 4 aromatic rings. The van der Waals surface area contributed by atoms with E-state index in [9.17, 15) is 9.90 Å². The van der Waals surface area contributed by atoms with Gasteiger partial charge in [-0.2, -0.15) is 5.10 Å². The molecule has 0 spiro atoms. The van der Waals surface area contributed by atoms with Crippen LogP contribution in [-0.4, -0.2) is 66.5 Å². The number of aromatic nitrogens is 5. The summed E-state index contributed by atoms with van der Waals surface area (Å²) >= 11 is 0. The van der Waals surface area contributed by atoms with Gasteiger partial charge in [0.25, 0.3) is 5.56 Å². The third-order valence-electron chi connectivity index (χ3n) is 6.96. The molecular formula is C24H29N7O2. The van der Waals surface area contributed by atoms with Gasteiger partial charge in [0.15, 0.2) is 0 Å². The molecule has 1 fully saturated rings. The summed E-state index contributed by atoms with van der Waals surface area (Å²) in [6.45, 7) is 6.02. The van der Waals surface area contributed by atoms with Crippen molar-refractivity contribution < 1.29 is 5.11 Å². The van der Waals surface area contributed by atoms with Gasteiger partial charge in [-0.25, -0.2) is 0 Å². The Morgan fingerprint density at radius 3 is 2.76 bits per heavy atom. The molecule has 0 amide bonds. The standard InChI is InChI=1S/C24H29N7O2/c1-15-13-31(21-11-23(33)29(3)22-12-27-28-24(21)22)18(6-9-32)14-30(15)16(2)17-4-5-19-20(10-17)26-8-7-25-19/h4-5,7-8,10-12,15-16,18,32H,6,9,13-14H2,1-3H3,(H,27,28)/t15-,16?,18+/m1/s1. The second-order valence-electron chi connectivity index (χ2n) is 8.90. The summed E-state index contributed by atoms with van der Waals surface area (Å²) in [6.07, 6.45) is 5.73. The molecule has 0 bridgehead atoms. The van der Waals surface area contributed by atoms with Crippen LogP contribution in [0.25, 0.3) is 22.1 Å². The van der Waals surface area contributed by atoms with Crippen molar-refractivity contribution in [2.45, 2.75) is 38.4 Å². The SMILES string of the molecule is CC(c1ccc2nccnc2c1)N1C[C@H](CCO)N(c2cc(=O)n(C)c3cn[nH]c23)C[C@H]1C. The van der Waals surface area contributed by atoms with Gasteiger partial charge >= 0.3 is 0 Å². The average Bonchev–Trinajstić information content (AvgIpc) is 3.32. The molecule has 3 aromatic heterocycles. The van der Waals surface area contributed by atoms with Crippen molar-refractivity contribution in [3.63, 3.8) is 0 Å². The molecule has 172 valence electrons. The maximum Gasteiger partial charge on any atom is 0.252 e. The molecule has 5 rings (SSSR count). The normalized spacial score (nSPS) is 20.5. The van der Waals surface area contributed by atoms with E-state index in [0.717, 1.165) is 40.8 Å². The van der Waals surface area contributed by atoms with Gasteiger partial charge in [0.2, 0.25) is 0 Å². The van der Waals surface area contributed by atoms with Crippen molar-refractivity contribution >= 4 is 27.8 Å². The summed E-state index contributed by atoms with van der Waals surface area (Å²) in [7, 11) is 1.76. The largest absolute Gasteiger partial charge is 0.396 e. The van der Waals surface area contributed by atoms with Crippen molar-refractivity contribution in [3.05, 3.63) is 58.8 Å². The Bertz CT molecular complexity index is 1350. The average molecular weight is 448 g/mol. The Morgan fingerprint density at radius 1 is 1.18 bits per heavy atom. The number of rotatable bonds is 5. The molecule has 0 aliphatic carbocycles. The van der Waals surface area contributed by atoms with Crippen molar-refractivity contribution in [2.75, 3.05) is 24.6 Å². The van der Waals surface area contributed by atoms with Gasteiger partial charge in [0.1, 0.15) is 5.52 Å². The lowest BCUT2D eigenvalue weighted by Crippen LogP contribution is -2.58. The summed E-state index contributed by atoms with van der Waals surface area (Å²) in [5.41, 5.74) is 5.38. The van der Waals surface area contributed by atoms with Crippen LogP contribution in [-0.2, 0) is 7.05 Å². The minimum atomic E-state index is -0.0672. The highest BCUT2D eigenvalue weighted by atomic mass is 16.3. The van der Waals surface area contributed by atoms with Gasteiger partial charge in [-0.15, -0.1) is 0 Å². The number of aryl methyl sites for hydroxylation is 1. The van der Waals surface area contributed by atoms with Crippen LogP contribution in [0, 0.1) is 0 Å². The molecule has 3 atom stereocenters. The number of nitrogens with one attached hydrogen (secondary N) is 1. The molecule has 4 heterocycles. The van der Waals surface area contributed by atoms with E-state index in [-0.39, 0.29) is 30.3 Å². The first-order chi connectivity index (χ1) is 16.0.